The minimum absolute atomic E-state index is 0.128. The number of hydrogen-bond donors (Lipinski definition) is 0. The third kappa shape index (κ3) is 2.79. The van der Waals surface area contributed by atoms with Crippen LogP contribution >= 0.6 is 23.2 Å². The van der Waals surface area contributed by atoms with Crippen LogP contribution in [0.1, 0.15) is 12.1 Å². The minimum atomic E-state index is -4.49. The lowest BCUT2D eigenvalue weighted by Gasteiger charge is -2.33. The molecule has 0 aliphatic carbocycles. The van der Waals surface area contributed by atoms with Crippen molar-refractivity contribution in [2.75, 3.05) is 4.90 Å². The van der Waals surface area contributed by atoms with Crippen molar-refractivity contribution in [1.29, 1.82) is 0 Å². The van der Waals surface area contributed by atoms with Gasteiger partial charge in [-0.3, -0.25) is 9.69 Å². The lowest BCUT2D eigenvalue weighted by atomic mass is 10.0. The molecule has 0 spiro atoms. The summed E-state index contributed by atoms with van der Waals surface area (Å²) in [6, 6.07) is 2.91. The van der Waals surface area contributed by atoms with E-state index in [0.29, 0.717) is 26.3 Å². The highest BCUT2D eigenvalue weighted by molar-refractivity contribution is 6.35. The van der Waals surface area contributed by atoms with Crippen LogP contribution in [0.4, 0.5) is 18.9 Å². The molecular formula is C14H10Cl2F3N3O. The largest absolute Gasteiger partial charge is 0.409 e. The molecule has 0 fully saturated rings. The number of carbonyl (C=O) groups is 1. The molecule has 0 N–H and O–H groups in total. The monoisotopic (exact) mass is 363 g/mol. The molecule has 4 nitrogen and oxygen atoms in total. The Balaban J connectivity index is 2.07. The smallest absolute Gasteiger partial charge is 0.300 e. The summed E-state index contributed by atoms with van der Waals surface area (Å²) >= 11 is 12.0. The van der Waals surface area contributed by atoms with Gasteiger partial charge in [-0.2, -0.15) is 18.3 Å². The standard InChI is InChI=1S/C14H10Cl2F3N3O/c15-8-1-2-10(9(16)5-8)22-11-3-4-13(14(17,18)19)21(7-23)12(11)6-20-22/h1-2,5-7,13H,3-4H2. The fourth-order valence-electron chi connectivity index (χ4n) is 2.71. The third-order valence-electron chi connectivity index (χ3n) is 3.74. The highest BCUT2D eigenvalue weighted by Crippen LogP contribution is 2.38. The maximum atomic E-state index is 13.0. The fraction of sp³-hybridized carbons (Fsp3) is 0.286. The number of hydrogen-bond acceptors (Lipinski definition) is 2. The number of rotatable bonds is 2. The number of halogens is 5. The zero-order valence-electron chi connectivity index (χ0n) is 11.5. The lowest BCUT2D eigenvalue weighted by Crippen LogP contribution is -2.48. The average molecular weight is 364 g/mol. The van der Waals surface area contributed by atoms with Gasteiger partial charge in [0.25, 0.3) is 0 Å². The summed E-state index contributed by atoms with van der Waals surface area (Å²) in [7, 11) is 0. The van der Waals surface area contributed by atoms with E-state index in [0.717, 1.165) is 0 Å². The van der Waals surface area contributed by atoms with Crippen LogP contribution in [-0.2, 0) is 11.2 Å². The molecule has 122 valence electrons. The zero-order chi connectivity index (χ0) is 16.8. The van der Waals surface area contributed by atoms with Crippen molar-refractivity contribution in [3.63, 3.8) is 0 Å². The van der Waals surface area contributed by atoms with E-state index in [1.165, 1.54) is 16.9 Å². The molecule has 1 aliphatic heterocycles. The SMILES string of the molecule is O=CN1c2cnn(-c3ccc(Cl)cc3Cl)c2CCC1C(F)(F)F. The van der Waals surface area contributed by atoms with Crippen LogP contribution in [0.15, 0.2) is 24.4 Å². The van der Waals surface area contributed by atoms with E-state index >= 15 is 0 Å². The summed E-state index contributed by atoms with van der Waals surface area (Å²) in [6.45, 7) is 0. The molecule has 23 heavy (non-hydrogen) atoms. The molecule has 2 heterocycles. The number of carbonyl (C=O) groups excluding carboxylic acids is 1. The second kappa shape index (κ2) is 5.72. The molecule has 0 saturated carbocycles. The Labute approximate surface area is 139 Å². The van der Waals surface area contributed by atoms with Gasteiger partial charge in [-0.05, 0) is 31.0 Å². The predicted molar refractivity (Wildman–Crippen MR) is 80.3 cm³/mol. The van der Waals surface area contributed by atoms with E-state index in [1.54, 1.807) is 12.1 Å². The van der Waals surface area contributed by atoms with E-state index in [2.05, 4.69) is 5.10 Å². The van der Waals surface area contributed by atoms with E-state index in [9.17, 15) is 18.0 Å². The van der Waals surface area contributed by atoms with Crippen LogP contribution in [0.25, 0.3) is 5.69 Å². The average Bonchev–Trinajstić information content (AvgIpc) is 2.89. The van der Waals surface area contributed by atoms with Crippen LogP contribution in [0.5, 0.6) is 0 Å². The molecule has 1 aromatic carbocycles. The maximum Gasteiger partial charge on any atom is 0.409 e. The minimum Gasteiger partial charge on any atom is -0.300 e. The molecule has 1 aliphatic rings. The highest BCUT2D eigenvalue weighted by atomic mass is 35.5. The number of aromatic nitrogens is 2. The highest BCUT2D eigenvalue weighted by Gasteiger charge is 2.47. The maximum absolute atomic E-state index is 13.0. The van der Waals surface area contributed by atoms with Crippen molar-refractivity contribution in [3.05, 3.63) is 40.1 Å². The zero-order valence-corrected chi connectivity index (χ0v) is 13.0. The van der Waals surface area contributed by atoms with Crippen molar-refractivity contribution in [1.82, 2.24) is 9.78 Å². The number of benzene rings is 1. The summed E-state index contributed by atoms with van der Waals surface area (Å²) < 4.78 is 40.6. The van der Waals surface area contributed by atoms with Crippen molar-refractivity contribution >= 4 is 35.3 Å². The summed E-state index contributed by atoms with van der Waals surface area (Å²) in [5.41, 5.74) is 1.13. The molecule has 1 amide bonds. The van der Waals surface area contributed by atoms with Gasteiger partial charge in [0.2, 0.25) is 6.41 Å². The molecule has 1 unspecified atom stereocenters. The lowest BCUT2D eigenvalue weighted by molar-refractivity contribution is -0.153. The van der Waals surface area contributed by atoms with Gasteiger partial charge in [-0.1, -0.05) is 23.2 Å². The van der Waals surface area contributed by atoms with Gasteiger partial charge in [0.15, 0.2) is 0 Å². The van der Waals surface area contributed by atoms with Gasteiger partial charge in [-0.25, -0.2) is 4.68 Å². The van der Waals surface area contributed by atoms with E-state index in [-0.39, 0.29) is 24.9 Å². The molecule has 0 bridgehead atoms. The van der Waals surface area contributed by atoms with E-state index in [4.69, 9.17) is 23.2 Å². The number of nitrogens with zero attached hydrogens (tertiary/aromatic N) is 3. The molecular weight excluding hydrogens is 354 g/mol. The molecule has 0 radical (unpaired) electrons. The Morgan fingerprint density at radius 3 is 2.61 bits per heavy atom. The van der Waals surface area contributed by atoms with Crippen molar-refractivity contribution in [2.45, 2.75) is 25.1 Å². The molecule has 3 rings (SSSR count). The predicted octanol–water partition coefficient (Wildman–Crippen LogP) is 4.02. The van der Waals surface area contributed by atoms with Gasteiger partial charge >= 0.3 is 6.18 Å². The second-order valence-electron chi connectivity index (χ2n) is 5.09. The van der Waals surface area contributed by atoms with Crippen LogP contribution in [0.3, 0.4) is 0 Å². The van der Waals surface area contributed by atoms with Gasteiger partial charge in [0.1, 0.15) is 6.04 Å². The normalized spacial score (nSPS) is 18.0. The van der Waals surface area contributed by atoms with Crippen molar-refractivity contribution in [2.24, 2.45) is 0 Å². The Morgan fingerprint density at radius 2 is 2.00 bits per heavy atom. The number of amides is 1. The second-order valence-corrected chi connectivity index (χ2v) is 5.94. The summed E-state index contributed by atoms with van der Waals surface area (Å²) in [5.74, 6) is 0. The molecule has 2 aromatic rings. The van der Waals surface area contributed by atoms with E-state index < -0.39 is 12.2 Å². The van der Waals surface area contributed by atoms with Gasteiger partial charge in [0.05, 0.1) is 28.3 Å². The van der Waals surface area contributed by atoms with E-state index in [1.807, 2.05) is 0 Å². The Morgan fingerprint density at radius 1 is 1.26 bits per heavy atom. The van der Waals surface area contributed by atoms with Gasteiger partial charge in [0, 0.05) is 5.02 Å². The molecule has 0 saturated heterocycles. The van der Waals surface area contributed by atoms with Gasteiger partial charge in [-0.15, -0.1) is 0 Å². The van der Waals surface area contributed by atoms with Crippen LogP contribution in [0, 0.1) is 0 Å². The molecule has 9 heteroatoms. The topological polar surface area (TPSA) is 38.1 Å². The Hall–Kier alpha value is -1.73. The van der Waals surface area contributed by atoms with Crippen LogP contribution in [-0.4, -0.2) is 28.4 Å². The van der Waals surface area contributed by atoms with Gasteiger partial charge < -0.3 is 0 Å². The first-order valence-electron chi connectivity index (χ1n) is 6.65. The Kier molecular flexibility index (Phi) is 4.01. The summed E-state index contributed by atoms with van der Waals surface area (Å²) in [6.07, 6.45) is -3.16. The molecule has 1 atom stereocenters. The third-order valence-corrected chi connectivity index (χ3v) is 4.28. The molecule has 1 aromatic heterocycles. The fourth-order valence-corrected chi connectivity index (χ4v) is 3.20. The number of anilines is 1. The van der Waals surface area contributed by atoms with Crippen molar-refractivity contribution in [3.8, 4) is 5.69 Å². The summed E-state index contributed by atoms with van der Waals surface area (Å²) in [5, 5.41) is 4.85. The van der Waals surface area contributed by atoms with Crippen LogP contribution in [0.2, 0.25) is 10.0 Å². The first-order chi connectivity index (χ1) is 10.8. The summed E-state index contributed by atoms with van der Waals surface area (Å²) in [4.78, 5) is 11.9. The van der Waals surface area contributed by atoms with Crippen molar-refractivity contribution < 1.29 is 18.0 Å². The van der Waals surface area contributed by atoms with Crippen LogP contribution < -0.4 is 4.90 Å². The number of alkyl halides is 3. The quantitative estimate of drug-likeness (QED) is 0.755. The Bertz CT molecular complexity index is 760. The first-order valence-corrected chi connectivity index (χ1v) is 7.41. The first kappa shape index (κ1) is 16.1. The number of fused-ring (bicyclic) bond motifs is 1.